The molecule has 8 heteroatoms. The Kier molecular flexibility index (Phi) is 5.10. The molecule has 2 heterocycles. The van der Waals surface area contributed by atoms with Gasteiger partial charge in [-0.2, -0.15) is 5.26 Å². The van der Waals surface area contributed by atoms with Crippen molar-refractivity contribution in [2.45, 2.75) is 0 Å². The third-order valence-electron chi connectivity index (χ3n) is 3.83. The fraction of sp³-hybridized carbons (Fsp3) is 0.158. The highest BCUT2D eigenvalue weighted by Crippen LogP contribution is 2.22. The van der Waals surface area contributed by atoms with E-state index in [2.05, 4.69) is 16.3 Å². The molecule has 3 rings (SSSR count). The van der Waals surface area contributed by atoms with Gasteiger partial charge in [0.05, 0.1) is 0 Å². The van der Waals surface area contributed by atoms with E-state index < -0.39 is 0 Å². The number of carbonyl (C=O) groups excluding carboxylic acids is 1. The zero-order valence-electron chi connectivity index (χ0n) is 15.0. The summed E-state index contributed by atoms with van der Waals surface area (Å²) < 4.78 is 7.22. The summed E-state index contributed by atoms with van der Waals surface area (Å²) in [7, 11) is 5.31. The van der Waals surface area contributed by atoms with Crippen molar-refractivity contribution in [1.29, 1.82) is 5.26 Å². The SMILES string of the molecule is CN(C)c1nnc(C(C#N)=Cc2cc(C(=O)c3cccc(Cl)c3)cn2C)o1. The Morgan fingerprint density at radius 3 is 2.70 bits per heavy atom. The quantitative estimate of drug-likeness (QED) is 0.497. The number of aryl methyl sites for hydroxylation is 1. The molecule has 0 radical (unpaired) electrons. The third kappa shape index (κ3) is 3.91. The Morgan fingerprint density at radius 2 is 2.07 bits per heavy atom. The van der Waals surface area contributed by atoms with Crippen LogP contribution in [0.25, 0.3) is 11.6 Å². The Labute approximate surface area is 161 Å². The fourth-order valence-electron chi connectivity index (χ4n) is 2.44. The predicted molar refractivity (Wildman–Crippen MR) is 102 cm³/mol. The van der Waals surface area contributed by atoms with Gasteiger partial charge in [0, 0.05) is 49.2 Å². The van der Waals surface area contributed by atoms with E-state index in [0.29, 0.717) is 27.9 Å². The van der Waals surface area contributed by atoms with Crippen LogP contribution in [0, 0.1) is 11.3 Å². The first-order valence-corrected chi connectivity index (χ1v) is 8.36. The van der Waals surface area contributed by atoms with Gasteiger partial charge in [-0.15, -0.1) is 5.10 Å². The van der Waals surface area contributed by atoms with E-state index in [1.165, 1.54) is 0 Å². The van der Waals surface area contributed by atoms with Gasteiger partial charge in [0.15, 0.2) is 5.78 Å². The van der Waals surface area contributed by atoms with Crippen molar-refractivity contribution in [2.75, 3.05) is 19.0 Å². The van der Waals surface area contributed by atoms with E-state index in [4.69, 9.17) is 16.0 Å². The molecular weight excluding hydrogens is 366 g/mol. The maximum absolute atomic E-state index is 12.7. The van der Waals surface area contributed by atoms with Crippen molar-refractivity contribution in [3.8, 4) is 6.07 Å². The molecule has 0 aliphatic carbocycles. The summed E-state index contributed by atoms with van der Waals surface area (Å²) in [6.07, 6.45) is 3.30. The molecule has 0 bridgehead atoms. The summed E-state index contributed by atoms with van der Waals surface area (Å²) in [6, 6.07) is 10.8. The highest BCUT2D eigenvalue weighted by molar-refractivity contribution is 6.31. The number of rotatable bonds is 5. The summed E-state index contributed by atoms with van der Waals surface area (Å²) in [5, 5.41) is 17.7. The van der Waals surface area contributed by atoms with Gasteiger partial charge in [-0.25, -0.2) is 0 Å². The standard InChI is InChI=1S/C19H16ClN5O2/c1-24(2)19-23-22-18(27-19)13(10-21)8-16-9-14(11-25(16)3)17(26)12-5-4-6-15(20)7-12/h4-9,11H,1-3H3. The molecule has 0 fully saturated rings. The van der Waals surface area contributed by atoms with Crippen molar-refractivity contribution < 1.29 is 9.21 Å². The maximum Gasteiger partial charge on any atom is 0.317 e. The highest BCUT2D eigenvalue weighted by atomic mass is 35.5. The van der Waals surface area contributed by atoms with Gasteiger partial charge in [0.2, 0.25) is 0 Å². The zero-order valence-corrected chi connectivity index (χ0v) is 15.7. The molecule has 0 saturated heterocycles. The number of hydrogen-bond donors (Lipinski definition) is 0. The van der Waals surface area contributed by atoms with E-state index in [1.807, 2.05) is 0 Å². The zero-order chi connectivity index (χ0) is 19.6. The number of halogens is 1. The van der Waals surface area contributed by atoms with Crippen LogP contribution in [0.5, 0.6) is 0 Å². The summed E-state index contributed by atoms with van der Waals surface area (Å²) in [6.45, 7) is 0. The van der Waals surface area contributed by atoms with E-state index in [1.54, 1.807) is 73.2 Å². The van der Waals surface area contributed by atoms with Gasteiger partial charge < -0.3 is 13.9 Å². The lowest BCUT2D eigenvalue weighted by Crippen LogP contribution is -2.08. The van der Waals surface area contributed by atoms with Crippen LogP contribution in [0.1, 0.15) is 27.5 Å². The van der Waals surface area contributed by atoms with Gasteiger partial charge in [-0.1, -0.05) is 28.8 Å². The van der Waals surface area contributed by atoms with E-state index >= 15 is 0 Å². The minimum absolute atomic E-state index is 0.116. The van der Waals surface area contributed by atoms with Crippen LogP contribution in [0.4, 0.5) is 6.01 Å². The third-order valence-corrected chi connectivity index (χ3v) is 4.07. The Hall–Kier alpha value is -3.37. The lowest BCUT2D eigenvalue weighted by atomic mass is 10.1. The number of nitrogens with zero attached hydrogens (tertiary/aromatic N) is 5. The molecule has 27 heavy (non-hydrogen) atoms. The van der Waals surface area contributed by atoms with E-state index in [0.717, 1.165) is 0 Å². The number of allylic oxidation sites excluding steroid dienone is 1. The molecule has 0 saturated carbocycles. The number of carbonyl (C=O) groups is 1. The topological polar surface area (TPSA) is 88.0 Å². The number of anilines is 1. The summed E-state index contributed by atoms with van der Waals surface area (Å²) in [5.74, 6) is -0.0379. The molecule has 1 aromatic carbocycles. The average Bonchev–Trinajstić information content (AvgIpc) is 3.26. The minimum Gasteiger partial charge on any atom is -0.402 e. The first kappa shape index (κ1) is 18.4. The number of ketones is 1. The first-order valence-electron chi connectivity index (χ1n) is 7.98. The van der Waals surface area contributed by atoms with Crippen LogP contribution in [-0.2, 0) is 7.05 Å². The second kappa shape index (κ2) is 7.48. The van der Waals surface area contributed by atoms with Crippen molar-refractivity contribution in [3.63, 3.8) is 0 Å². The van der Waals surface area contributed by atoms with Gasteiger partial charge >= 0.3 is 6.01 Å². The monoisotopic (exact) mass is 381 g/mol. The Balaban J connectivity index is 1.94. The van der Waals surface area contributed by atoms with E-state index in [9.17, 15) is 10.1 Å². The lowest BCUT2D eigenvalue weighted by molar-refractivity contribution is 0.103. The minimum atomic E-state index is -0.154. The number of nitriles is 1. The van der Waals surface area contributed by atoms with Gasteiger partial charge in [-0.05, 0) is 24.3 Å². The molecule has 2 aromatic heterocycles. The molecular formula is C19H16ClN5O2. The van der Waals surface area contributed by atoms with Crippen molar-refractivity contribution >= 4 is 35.0 Å². The van der Waals surface area contributed by atoms with Crippen molar-refractivity contribution in [1.82, 2.24) is 14.8 Å². The molecule has 0 aliphatic rings. The Bertz CT molecular complexity index is 1070. The fourth-order valence-corrected chi connectivity index (χ4v) is 2.63. The number of benzene rings is 1. The molecule has 0 aliphatic heterocycles. The molecule has 0 atom stereocenters. The van der Waals surface area contributed by atoms with Gasteiger partial charge in [0.1, 0.15) is 11.6 Å². The Morgan fingerprint density at radius 1 is 1.30 bits per heavy atom. The number of hydrogen-bond acceptors (Lipinski definition) is 6. The van der Waals surface area contributed by atoms with Gasteiger partial charge in [0.25, 0.3) is 5.89 Å². The molecule has 136 valence electrons. The van der Waals surface area contributed by atoms with Crippen LogP contribution < -0.4 is 4.90 Å². The molecule has 3 aromatic rings. The first-order chi connectivity index (χ1) is 12.9. The van der Waals surface area contributed by atoms with Crippen LogP contribution in [0.3, 0.4) is 0 Å². The van der Waals surface area contributed by atoms with Crippen molar-refractivity contribution in [2.24, 2.45) is 7.05 Å². The summed E-state index contributed by atoms with van der Waals surface area (Å²) in [5.41, 5.74) is 1.85. The molecule has 0 unspecified atom stereocenters. The van der Waals surface area contributed by atoms with Gasteiger partial charge in [-0.3, -0.25) is 4.79 Å². The van der Waals surface area contributed by atoms with Crippen LogP contribution in [0.2, 0.25) is 5.02 Å². The average molecular weight is 382 g/mol. The van der Waals surface area contributed by atoms with Crippen molar-refractivity contribution in [3.05, 3.63) is 64.3 Å². The van der Waals surface area contributed by atoms with E-state index in [-0.39, 0.29) is 17.2 Å². The maximum atomic E-state index is 12.7. The molecule has 0 amide bonds. The van der Waals surface area contributed by atoms with Crippen LogP contribution in [0.15, 0.2) is 40.9 Å². The summed E-state index contributed by atoms with van der Waals surface area (Å²) >= 11 is 5.96. The number of aromatic nitrogens is 3. The normalized spacial score (nSPS) is 11.3. The highest BCUT2D eigenvalue weighted by Gasteiger charge is 2.16. The molecule has 0 spiro atoms. The second-order valence-electron chi connectivity index (χ2n) is 6.06. The summed E-state index contributed by atoms with van der Waals surface area (Å²) in [4.78, 5) is 14.3. The largest absolute Gasteiger partial charge is 0.402 e. The smallest absolute Gasteiger partial charge is 0.317 e. The van der Waals surface area contributed by atoms with Crippen LogP contribution in [-0.4, -0.2) is 34.6 Å². The second-order valence-corrected chi connectivity index (χ2v) is 6.49. The van der Waals surface area contributed by atoms with Crippen LogP contribution >= 0.6 is 11.6 Å². The lowest BCUT2D eigenvalue weighted by Gasteiger charge is -2.02. The molecule has 7 nitrogen and oxygen atoms in total. The predicted octanol–water partition coefficient (Wildman–Crippen LogP) is 3.42. The molecule has 0 N–H and O–H groups in total.